The van der Waals surface area contributed by atoms with Crippen LogP contribution in [0.25, 0.3) is 10.8 Å². The minimum Gasteiger partial charge on any atom is -0.325 e. The van der Waals surface area contributed by atoms with Gasteiger partial charge < -0.3 is 10.2 Å². The molecule has 2 aliphatic rings. The van der Waals surface area contributed by atoms with Crippen molar-refractivity contribution in [3.05, 3.63) is 77.3 Å². The zero-order valence-electron chi connectivity index (χ0n) is 19.5. The SMILES string of the molecule is CC12CCC(C(=O)Nc3cccc4ccccc34)(C/C1=N\OC(=O)c1ccc(Cl)cc1)C2(C)C. The van der Waals surface area contributed by atoms with Gasteiger partial charge in [-0.3, -0.25) is 4.79 Å². The van der Waals surface area contributed by atoms with Crippen molar-refractivity contribution in [3.63, 3.8) is 0 Å². The number of anilines is 1. The van der Waals surface area contributed by atoms with Crippen LogP contribution in [0.15, 0.2) is 71.9 Å². The Balaban J connectivity index is 1.43. The van der Waals surface area contributed by atoms with Crippen molar-refractivity contribution in [1.82, 2.24) is 0 Å². The van der Waals surface area contributed by atoms with Gasteiger partial charge in [-0.2, -0.15) is 0 Å². The predicted octanol–water partition coefficient (Wildman–Crippen LogP) is 6.86. The molecular weight excluding hydrogens is 448 g/mol. The van der Waals surface area contributed by atoms with Crippen LogP contribution < -0.4 is 5.32 Å². The molecule has 0 aliphatic heterocycles. The molecule has 0 heterocycles. The maximum absolute atomic E-state index is 13.8. The second kappa shape index (κ2) is 7.95. The quantitative estimate of drug-likeness (QED) is 0.331. The average molecular weight is 475 g/mol. The van der Waals surface area contributed by atoms with Crippen LogP contribution in [0.2, 0.25) is 5.02 Å². The number of rotatable bonds is 4. The predicted molar refractivity (Wildman–Crippen MR) is 135 cm³/mol. The van der Waals surface area contributed by atoms with E-state index in [2.05, 4.69) is 31.2 Å². The number of hydrogen-bond donors (Lipinski definition) is 1. The van der Waals surface area contributed by atoms with Gasteiger partial charge in [-0.15, -0.1) is 0 Å². The lowest BCUT2D eigenvalue weighted by molar-refractivity contribution is -0.130. The van der Waals surface area contributed by atoms with Crippen molar-refractivity contribution in [1.29, 1.82) is 0 Å². The molecule has 174 valence electrons. The first-order chi connectivity index (χ1) is 16.2. The van der Waals surface area contributed by atoms with E-state index in [0.717, 1.165) is 35.0 Å². The number of carbonyl (C=O) groups excluding carboxylic acids is 2. The summed E-state index contributed by atoms with van der Waals surface area (Å²) in [6.45, 7) is 6.39. The summed E-state index contributed by atoms with van der Waals surface area (Å²) in [7, 11) is 0. The van der Waals surface area contributed by atoms with E-state index in [0.29, 0.717) is 17.0 Å². The van der Waals surface area contributed by atoms with Crippen LogP contribution in [-0.4, -0.2) is 17.6 Å². The van der Waals surface area contributed by atoms with Crippen LogP contribution in [0.5, 0.6) is 0 Å². The minimum atomic E-state index is -0.635. The summed E-state index contributed by atoms with van der Waals surface area (Å²) in [4.78, 5) is 31.7. The number of carbonyl (C=O) groups is 2. The average Bonchev–Trinajstić information content (AvgIpc) is 3.14. The highest BCUT2D eigenvalue weighted by Crippen LogP contribution is 2.71. The Labute approximate surface area is 204 Å². The molecule has 3 aromatic rings. The van der Waals surface area contributed by atoms with E-state index in [9.17, 15) is 9.59 Å². The van der Waals surface area contributed by atoms with Gasteiger partial charge in [0.25, 0.3) is 0 Å². The fourth-order valence-corrected chi connectivity index (χ4v) is 5.96. The molecule has 2 fully saturated rings. The molecule has 0 aromatic heterocycles. The van der Waals surface area contributed by atoms with Gasteiger partial charge in [0.15, 0.2) is 0 Å². The molecule has 0 radical (unpaired) electrons. The lowest BCUT2D eigenvalue weighted by Crippen LogP contribution is -2.43. The van der Waals surface area contributed by atoms with Crippen molar-refractivity contribution in [3.8, 4) is 0 Å². The van der Waals surface area contributed by atoms with Gasteiger partial charge in [0.1, 0.15) is 0 Å². The summed E-state index contributed by atoms with van der Waals surface area (Å²) in [5.74, 6) is -0.547. The van der Waals surface area contributed by atoms with Crippen LogP contribution in [0.1, 0.15) is 50.4 Å². The third kappa shape index (κ3) is 3.25. The second-order valence-corrected chi connectivity index (χ2v) is 10.6. The Kier molecular flexibility index (Phi) is 5.28. The Morgan fingerprint density at radius 3 is 2.41 bits per heavy atom. The molecule has 2 bridgehead atoms. The van der Waals surface area contributed by atoms with E-state index in [1.54, 1.807) is 24.3 Å². The molecule has 1 N–H and O–H groups in total. The van der Waals surface area contributed by atoms with Crippen molar-refractivity contribution < 1.29 is 14.4 Å². The molecular formula is C28H27ClN2O3. The van der Waals surface area contributed by atoms with E-state index >= 15 is 0 Å². The summed E-state index contributed by atoms with van der Waals surface area (Å²) in [6.07, 6.45) is 2.03. The minimum absolute atomic E-state index is 0.00759. The lowest BCUT2D eigenvalue weighted by Gasteiger charge is -2.39. The molecule has 1 amide bonds. The second-order valence-electron chi connectivity index (χ2n) is 10.1. The topological polar surface area (TPSA) is 67.8 Å². The Morgan fingerprint density at radius 1 is 0.941 bits per heavy atom. The smallest absolute Gasteiger partial charge is 0.325 e. The first kappa shape index (κ1) is 22.6. The van der Waals surface area contributed by atoms with Gasteiger partial charge in [-0.25, -0.2) is 4.79 Å². The zero-order chi connectivity index (χ0) is 24.1. The molecule has 5 nitrogen and oxygen atoms in total. The molecule has 2 atom stereocenters. The molecule has 0 saturated heterocycles. The monoisotopic (exact) mass is 474 g/mol. The maximum atomic E-state index is 13.8. The van der Waals surface area contributed by atoms with E-state index in [1.807, 2.05) is 42.5 Å². The van der Waals surface area contributed by atoms with Crippen molar-refractivity contribution in [2.24, 2.45) is 21.4 Å². The Morgan fingerprint density at radius 2 is 1.65 bits per heavy atom. The third-order valence-electron chi connectivity index (χ3n) is 8.52. The molecule has 5 rings (SSSR count). The fraction of sp³-hybridized carbons (Fsp3) is 0.321. The van der Waals surface area contributed by atoms with E-state index < -0.39 is 11.4 Å². The van der Waals surface area contributed by atoms with Crippen LogP contribution in [0.3, 0.4) is 0 Å². The van der Waals surface area contributed by atoms with Crippen LogP contribution in [0, 0.1) is 16.2 Å². The van der Waals surface area contributed by atoms with Crippen molar-refractivity contribution in [2.75, 3.05) is 5.32 Å². The Hall–Kier alpha value is -3.18. The van der Waals surface area contributed by atoms with E-state index in [4.69, 9.17) is 16.4 Å². The molecule has 2 saturated carbocycles. The van der Waals surface area contributed by atoms with E-state index in [1.165, 1.54) is 0 Å². The molecule has 3 aromatic carbocycles. The highest BCUT2D eigenvalue weighted by atomic mass is 35.5. The van der Waals surface area contributed by atoms with Gasteiger partial charge in [0, 0.05) is 27.9 Å². The van der Waals surface area contributed by atoms with Crippen LogP contribution >= 0.6 is 11.6 Å². The summed E-state index contributed by atoms with van der Waals surface area (Å²) in [5.41, 5.74) is 0.610. The maximum Gasteiger partial charge on any atom is 0.365 e. The number of oxime groups is 1. The Bertz CT molecular complexity index is 1330. The molecule has 2 unspecified atom stereocenters. The number of amides is 1. The van der Waals surface area contributed by atoms with Crippen molar-refractivity contribution >= 4 is 45.6 Å². The van der Waals surface area contributed by atoms with Crippen LogP contribution in [-0.2, 0) is 9.63 Å². The van der Waals surface area contributed by atoms with Crippen LogP contribution in [0.4, 0.5) is 5.69 Å². The first-order valence-electron chi connectivity index (χ1n) is 11.5. The largest absolute Gasteiger partial charge is 0.365 e. The number of halogens is 1. The van der Waals surface area contributed by atoms with Gasteiger partial charge in [-0.05, 0) is 54.0 Å². The van der Waals surface area contributed by atoms with Gasteiger partial charge >= 0.3 is 5.97 Å². The summed E-state index contributed by atoms with van der Waals surface area (Å²) >= 11 is 5.91. The molecule has 34 heavy (non-hydrogen) atoms. The highest BCUT2D eigenvalue weighted by Gasteiger charge is 2.71. The molecule has 0 spiro atoms. The van der Waals surface area contributed by atoms with Crippen molar-refractivity contribution in [2.45, 2.75) is 40.0 Å². The summed E-state index contributed by atoms with van der Waals surface area (Å²) < 4.78 is 0. The van der Waals surface area contributed by atoms with E-state index in [-0.39, 0.29) is 16.7 Å². The summed E-state index contributed by atoms with van der Waals surface area (Å²) in [5, 5.41) is 10.2. The molecule has 6 heteroatoms. The number of fused-ring (bicyclic) bond motifs is 3. The number of hydrogen-bond acceptors (Lipinski definition) is 4. The van der Waals surface area contributed by atoms with Gasteiger partial charge in [0.05, 0.1) is 16.7 Å². The number of nitrogens with zero attached hydrogens (tertiary/aromatic N) is 1. The summed E-state index contributed by atoms with van der Waals surface area (Å²) in [6, 6.07) is 20.4. The number of benzene rings is 3. The normalized spacial score (nSPS) is 26.1. The number of nitrogens with one attached hydrogen (secondary N) is 1. The van der Waals surface area contributed by atoms with Gasteiger partial charge in [0.2, 0.25) is 5.91 Å². The first-order valence-corrected chi connectivity index (χ1v) is 11.9. The third-order valence-corrected chi connectivity index (χ3v) is 8.78. The standard InChI is InChI=1S/C28H27ClN2O3/c1-26(2)27(3)15-16-28(26,17-23(27)31-34-24(32)19-11-13-20(29)14-12-19)25(33)30-22-10-6-8-18-7-4-5-9-21(18)22/h4-14H,15-17H2,1-3H3,(H,30,33)/b31-23+. The lowest BCUT2D eigenvalue weighted by atomic mass is 9.64. The van der Waals surface area contributed by atoms with Gasteiger partial charge in [-0.1, -0.05) is 73.9 Å². The fourth-order valence-electron chi connectivity index (χ4n) is 5.83. The zero-order valence-corrected chi connectivity index (χ0v) is 20.3. The molecule has 2 aliphatic carbocycles. The highest BCUT2D eigenvalue weighted by molar-refractivity contribution is 6.30.